The fraction of sp³-hybridized carbons (Fsp3) is 0.286. The Balaban J connectivity index is 2.18. The molecule has 1 atom stereocenters. The largest absolute Gasteiger partial charge is 0.416 e. The fourth-order valence-corrected chi connectivity index (χ4v) is 3.42. The maximum Gasteiger partial charge on any atom is 0.416 e. The summed E-state index contributed by atoms with van der Waals surface area (Å²) in [7, 11) is -3.90. The van der Waals surface area contributed by atoms with Gasteiger partial charge in [0.1, 0.15) is 5.69 Å². The highest BCUT2D eigenvalue weighted by Gasteiger charge is 2.30. The molecule has 2 rings (SSSR count). The quantitative estimate of drug-likeness (QED) is 0.370. The molecule has 1 amide bonds. The molecule has 12 heteroatoms. The summed E-state index contributed by atoms with van der Waals surface area (Å²) in [4.78, 5) is 12.2. The number of anilines is 2. The lowest BCUT2D eigenvalue weighted by atomic mass is 10.1. The van der Waals surface area contributed by atoms with E-state index in [0.717, 1.165) is 36.6 Å². The van der Waals surface area contributed by atoms with Crippen molar-refractivity contribution in [1.29, 1.82) is 0 Å². The van der Waals surface area contributed by atoms with Crippen LogP contribution in [0.2, 0.25) is 0 Å². The Labute approximate surface area is 187 Å². The van der Waals surface area contributed by atoms with Gasteiger partial charge in [-0.25, -0.2) is 17.2 Å². The molecule has 0 aliphatic carbocycles. The minimum Gasteiger partial charge on any atom is -0.385 e. The zero-order valence-corrected chi connectivity index (χ0v) is 18.7. The number of sulfonamides is 1. The maximum absolute atomic E-state index is 14.2. The van der Waals surface area contributed by atoms with E-state index in [-0.39, 0.29) is 11.3 Å². The van der Waals surface area contributed by atoms with Gasteiger partial charge in [-0.3, -0.25) is 9.52 Å². The third-order valence-corrected chi connectivity index (χ3v) is 4.95. The van der Waals surface area contributed by atoms with E-state index in [1.165, 1.54) is 19.1 Å². The Morgan fingerprint density at radius 2 is 1.73 bits per heavy atom. The van der Waals surface area contributed by atoms with Gasteiger partial charge in [0.05, 0.1) is 17.9 Å². The summed E-state index contributed by atoms with van der Waals surface area (Å²) in [6.45, 7) is 3.51. The van der Waals surface area contributed by atoms with Crippen molar-refractivity contribution in [2.24, 2.45) is 0 Å². The van der Waals surface area contributed by atoms with Crippen molar-refractivity contribution in [1.82, 2.24) is 5.32 Å². The van der Waals surface area contributed by atoms with E-state index in [2.05, 4.69) is 10.6 Å². The van der Waals surface area contributed by atoms with Crippen LogP contribution in [-0.2, 0) is 21.0 Å². The van der Waals surface area contributed by atoms with Crippen LogP contribution in [0, 0.1) is 11.6 Å². The number of carbonyl (C=O) groups is 1. The summed E-state index contributed by atoms with van der Waals surface area (Å²) in [6.07, 6.45) is -1.39. The second kappa shape index (κ2) is 10.2. The van der Waals surface area contributed by atoms with Gasteiger partial charge in [0.25, 0.3) is 0 Å². The van der Waals surface area contributed by atoms with Gasteiger partial charge in [0.15, 0.2) is 11.6 Å². The molecule has 0 spiro atoms. The monoisotopic (exact) mass is 491 g/mol. The Morgan fingerprint density at radius 1 is 1.12 bits per heavy atom. The molecule has 2 aromatic rings. The number of amides is 1. The van der Waals surface area contributed by atoms with Gasteiger partial charge in [-0.05, 0) is 55.3 Å². The van der Waals surface area contributed by atoms with Gasteiger partial charge in [0, 0.05) is 18.3 Å². The van der Waals surface area contributed by atoms with Crippen molar-refractivity contribution in [3.05, 3.63) is 64.7 Å². The molecule has 3 N–H and O–H groups in total. The highest BCUT2D eigenvalue weighted by atomic mass is 32.2. The minimum absolute atomic E-state index is 0.0358. The smallest absolute Gasteiger partial charge is 0.385 e. The maximum atomic E-state index is 14.2. The van der Waals surface area contributed by atoms with Gasteiger partial charge in [-0.2, -0.15) is 13.2 Å². The predicted octanol–water partition coefficient (Wildman–Crippen LogP) is 4.68. The lowest BCUT2D eigenvalue weighted by Gasteiger charge is -2.15. The van der Waals surface area contributed by atoms with Gasteiger partial charge >= 0.3 is 6.18 Å². The number of halogens is 5. The minimum atomic E-state index is -4.52. The zero-order chi connectivity index (χ0) is 25.0. The summed E-state index contributed by atoms with van der Waals surface area (Å²) in [6, 6.07) is 3.93. The molecule has 0 saturated heterocycles. The van der Waals surface area contributed by atoms with Crippen molar-refractivity contribution >= 4 is 33.4 Å². The Bertz CT molecular complexity index is 1140. The fourth-order valence-electron chi connectivity index (χ4n) is 2.86. The van der Waals surface area contributed by atoms with Gasteiger partial charge in [-0.15, -0.1) is 0 Å². The van der Waals surface area contributed by atoms with Crippen LogP contribution in [0.1, 0.15) is 36.6 Å². The highest BCUT2D eigenvalue weighted by molar-refractivity contribution is 7.92. The number of nitrogens with one attached hydrogen (secondary N) is 3. The number of rotatable bonds is 8. The van der Waals surface area contributed by atoms with Crippen LogP contribution >= 0.6 is 0 Å². The molecule has 0 unspecified atom stereocenters. The standard InChI is InChI=1S/C21H22F5N3O3S/c1-4-27-18-11-15(21(24,25)26)7-5-13(18)6-8-19(30)28-12(2)14-9-16(22)20(17(23)10-14)29-33(3,31)32/h5-12,27,29H,4H2,1-3H3,(H,28,30)/b8-6+/t12-/m1/s1. The van der Waals surface area contributed by atoms with E-state index < -0.39 is 51.0 Å². The Morgan fingerprint density at radius 3 is 2.24 bits per heavy atom. The molecule has 2 aromatic carbocycles. The van der Waals surface area contributed by atoms with Crippen LogP contribution in [-0.4, -0.2) is 27.1 Å². The third kappa shape index (κ3) is 7.45. The van der Waals surface area contributed by atoms with E-state index in [9.17, 15) is 35.2 Å². The number of hydrogen-bond donors (Lipinski definition) is 3. The summed E-state index contributed by atoms with van der Waals surface area (Å²) < 4.78 is 91.3. The predicted molar refractivity (Wildman–Crippen MR) is 116 cm³/mol. The summed E-state index contributed by atoms with van der Waals surface area (Å²) in [5.41, 5.74) is -1.12. The van der Waals surface area contributed by atoms with E-state index in [4.69, 9.17) is 0 Å². The van der Waals surface area contributed by atoms with E-state index in [1.807, 2.05) is 0 Å². The molecule has 0 heterocycles. The Kier molecular flexibility index (Phi) is 8.06. The molecule has 0 fully saturated rings. The van der Waals surface area contributed by atoms with Gasteiger partial charge in [-0.1, -0.05) is 6.07 Å². The van der Waals surface area contributed by atoms with Crippen molar-refractivity contribution in [2.45, 2.75) is 26.1 Å². The molecular formula is C21H22F5N3O3S. The summed E-state index contributed by atoms with van der Waals surface area (Å²) in [5.74, 6) is -2.98. The SMILES string of the molecule is CCNc1cc(C(F)(F)F)ccc1/C=C/C(=O)N[C@H](C)c1cc(F)c(NS(C)(=O)=O)c(F)c1. The second-order valence-corrected chi connectivity index (χ2v) is 8.88. The average molecular weight is 491 g/mol. The molecule has 0 aliphatic heterocycles. The first kappa shape index (κ1) is 26.1. The van der Waals surface area contributed by atoms with Crippen LogP contribution < -0.4 is 15.4 Å². The van der Waals surface area contributed by atoms with E-state index in [1.54, 1.807) is 11.6 Å². The molecule has 0 aromatic heterocycles. The van der Waals surface area contributed by atoms with Crippen LogP contribution in [0.25, 0.3) is 6.08 Å². The van der Waals surface area contributed by atoms with Gasteiger partial charge in [0.2, 0.25) is 15.9 Å². The van der Waals surface area contributed by atoms with Crippen LogP contribution in [0.4, 0.5) is 33.3 Å². The summed E-state index contributed by atoms with van der Waals surface area (Å²) >= 11 is 0. The number of benzene rings is 2. The topological polar surface area (TPSA) is 87.3 Å². The molecule has 0 bridgehead atoms. The van der Waals surface area contributed by atoms with Crippen LogP contribution in [0.3, 0.4) is 0 Å². The Hall–Kier alpha value is -3.15. The first-order chi connectivity index (χ1) is 15.2. The van der Waals surface area contributed by atoms with E-state index >= 15 is 0 Å². The van der Waals surface area contributed by atoms with E-state index in [0.29, 0.717) is 12.1 Å². The zero-order valence-electron chi connectivity index (χ0n) is 17.8. The van der Waals surface area contributed by atoms with Crippen molar-refractivity contribution in [2.75, 3.05) is 22.8 Å². The number of hydrogen-bond acceptors (Lipinski definition) is 4. The molecular weight excluding hydrogens is 469 g/mol. The van der Waals surface area contributed by atoms with Gasteiger partial charge < -0.3 is 10.6 Å². The summed E-state index contributed by atoms with van der Waals surface area (Å²) in [5, 5.41) is 5.28. The lowest BCUT2D eigenvalue weighted by molar-refractivity contribution is -0.137. The normalized spacial score (nSPS) is 13.1. The second-order valence-electron chi connectivity index (χ2n) is 7.13. The van der Waals surface area contributed by atoms with Crippen molar-refractivity contribution in [3.63, 3.8) is 0 Å². The molecule has 180 valence electrons. The molecule has 6 nitrogen and oxygen atoms in total. The first-order valence-electron chi connectivity index (χ1n) is 9.61. The molecule has 0 aliphatic rings. The average Bonchev–Trinajstić information content (AvgIpc) is 2.68. The van der Waals surface area contributed by atoms with Crippen molar-refractivity contribution in [3.8, 4) is 0 Å². The third-order valence-electron chi connectivity index (χ3n) is 4.37. The number of alkyl halides is 3. The molecule has 33 heavy (non-hydrogen) atoms. The van der Waals surface area contributed by atoms with Crippen LogP contribution in [0.5, 0.6) is 0 Å². The van der Waals surface area contributed by atoms with Crippen molar-refractivity contribution < 1.29 is 35.2 Å². The molecule has 0 saturated carbocycles. The first-order valence-corrected chi connectivity index (χ1v) is 11.5. The van der Waals surface area contributed by atoms with Crippen LogP contribution in [0.15, 0.2) is 36.4 Å². The lowest BCUT2D eigenvalue weighted by Crippen LogP contribution is -2.25. The molecule has 0 radical (unpaired) electrons. The highest BCUT2D eigenvalue weighted by Crippen LogP contribution is 2.32. The number of carbonyl (C=O) groups excluding carboxylic acids is 1.